The third kappa shape index (κ3) is 6.10. The molecule has 2 aromatic rings. The van der Waals surface area contributed by atoms with Crippen molar-refractivity contribution in [3.05, 3.63) is 65.5 Å². The van der Waals surface area contributed by atoms with Gasteiger partial charge in [0, 0.05) is 37.3 Å². The van der Waals surface area contributed by atoms with E-state index in [0.29, 0.717) is 5.56 Å². The molecule has 1 aliphatic rings. The molecule has 0 atom stereocenters. The largest absolute Gasteiger partial charge is 0.349 e. The van der Waals surface area contributed by atoms with Crippen LogP contribution >= 0.6 is 0 Å². The fourth-order valence-corrected chi connectivity index (χ4v) is 4.77. The van der Waals surface area contributed by atoms with Gasteiger partial charge in [-0.05, 0) is 68.7 Å². The Morgan fingerprint density at radius 2 is 1.67 bits per heavy atom. The van der Waals surface area contributed by atoms with Crippen LogP contribution in [0.2, 0.25) is 0 Å². The van der Waals surface area contributed by atoms with Crippen molar-refractivity contribution in [1.82, 2.24) is 14.9 Å². The number of piperidine rings is 1. The monoisotopic (exact) mass is 433 g/mol. The van der Waals surface area contributed by atoms with Crippen molar-refractivity contribution in [2.24, 2.45) is 0 Å². The zero-order valence-corrected chi connectivity index (χ0v) is 18.1. The normalized spacial score (nSPS) is 16.0. The Kier molecular flexibility index (Phi) is 7.23. The molecule has 0 radical (unpaired) electrons. The predicted octanol–water partition coefficient (Wildman–Crippen LogP) is 2.91. The third-order valence-corrected chi connectivity index (χ3v) is 6.73. The maximum absolute atomic E-state index is 13.0. The van der Waals surface area contributed by atoms with E-state index in [-0.39, 0.29) is 28.7 Å². The standard InChI is InChI=1S/C22H28FN3O3S/c1-16(2)25-30(28,29)21-9-5-18(6-10-21)22(27)24-20-11-13-26(14-12-20)15-17-3-7-19(23)8-4-17/h3-10,16,20,25H,11-15H2,1-2H3,(H,24,27). The summed E-state index contributed by atoms with van der Waals surface area (Å²) in [6.45, 7) is 5.97. The summed E-state index contributed by atoms with van der Waals surface area (Å²) in [7, 11) is -3.57. The van der Waals surface area contributed by atoms with Gasteiger partial charge in [0.05, 0.1) is 4.90 Å². The number of likely N-dealkylation sites (tertiary alicyclic amines) is 1. The Balaban J connectivity index is 1.50. The lowest BCUT2D eigenvalue weighted by Crippen LogP contribution is -2.44. The van der Waals surface area contributed by atoms with Crippen molar-refractivity contribution in [1.29, 1.82) is 0 Å². The second-order valence-electron chi connectivity index (χ2n) is 7.95. The molecule has 1 fully saturated rings. The number of benzene rings is 2. The predicted molar refractivity (Wildman–Crippen MR) is 114 cm³/mol. The van der Waals surface area contributed by atoms with Crippen molar-refractivity contribution < 1.29 is 17.6 Å². The highest BCUT2D eigenvalue weighted by Gasteiger charge is 2.22. The maximum Gasteiger partial charge on any atom is 0.251 e. The van der Waals surface area contributed by atoms with Crippen LogP contribution < -0.4 is 10.0 Å². The molecule has 162 valence electrons. The van der Waals surface area contributed by atoms with Crippen LogP contribution in [0.3, 0.4) is 0 Å². The van der Waals surface area contributed by atoms with Gasteiger partial charge in [-0.25, -0.2) is 17.5 Å². The van der Waals surface area contributed by atoms with Crippen LogP contribution in [0.5, 0.6) is 0 Å². The minimum absolute atomic E-state index is 0.0768. The molecular formula is C22H28FN3O3S. The Labute approximate surface area is 177 Å². The quantitative estimate of drug-likeness (QED) is 0.704. The van der Waals surface area contributed by atoms with Crippen molar-refractivity contribution in [3.8, 4) is 0 Å². The van der Waals surface area contributed by atoms with E-state index >= 15 is 0 Å². The first-order chi connectivity index (χ1) is 14.2. The highest BCUT2D eigenvalue weighted by atomic mass is 32.2. The number of hydrogen-bond donors (Lipinski definition) is 2. The summed E-state index contributed by atoms with van der Waals surface area (Å²) in [5, 5.41) is 3.04. The second kappa shape index (κ2) is 9.68. The molecule has 1 aliphatic heterocycles. The zero-order valence-electron chi connectivity index (χ0n) is 17.3. The number of carbonyl (C=O) groups excluding carboxylic acids is 1. The molecule has 30 heavy (non-hydrogen) atoms. The van der Waals surface area contributed by atoms with E-state index in [9.17, 15) is 17.6 Å². The van der Waals surface area contributed by atoms with Gasteiger partial charge in [-0.2, -0.15) is 0 Å². The van der Waals surface area contributed by atoms with Crippen LogP contribution in [0.4, 0.5) is 4.39 Å². The van der Waals surface area contributed by atoms with E-state index in [4.69, 9.17) is 0 Å². The number of halogens is 1. The Bertz CT molecular complexity index is 952. The van der Waals surface area contributed by atoms with E-state index in [1.54, 1.807) is 26.0 Å². The molecule has 0 unspecified atom stereocenters. The first-order valence-corrected chi connectivity index (χ1v) is 11.6. The molecule has 0 spiro atoms. The molecule has 3 rings (SSSR count). The summed E-state index contributed by atoms with van der Waals surface area (Å²) in [6, 6.07) is 12.4. The van der Waals surface area contributed by atoms with Gasteiger partial charge >= 0.3 is 0 Å². The summed E-state index contributed by atoms with van der Waals surface area (Å²) < 4.78 is 39.9. The molecule has 1 heterocycles. The van der Waals surface area contributed by atoms with E-state index in [1.807, 2.05) is 0 Å². The highest BCUT2D eigenvalue weighted by Crippen LogP contribution is 2.16. The number of carbonyl (C=O) groups is 1. The van der Waals surface area contributed by atoms with Crippen LogP contribution in [0.15, 0.2) is 53.4 Å². The molecule has 0 aromatic heterocycles. The molecule has 0 aliphatic carbocycles. The maximum atomic E-state index is 13.0. The summed E-state index contributed by atoms with van der Waals surface area (Å²) in [6.07, 6.45) is 1.66. The average molecular weight is 434 g/mol. The lowest BCUT2D eigenvalue weighted by atomic mass is 10.0. The van der Waals surface area contributed by atoms with Gasteiger partial charge in [-0.3, -0.25) is 9.69 Å². The number of sulfonamides is 1. The smallest absolute Gasteiger partial charge is 0.251 e. The summed E-state index contributed by atoms with van der Waals surface area (Å²) in [5.41, 5.74) is 1.51. The van der Waals surface area contributed by atoms with Gasteiger partial charge in [0.2, 0.25) is 10.0 Å². The number of rotatable bonds is 7. The highest BCUT2D eigenvalue weighted by molar-refractivity contribution is 7.89. The van der Waals surface area contributed by atoms with E-state index in [1.165, 1.54) is 36.4 Å². The van der Waals surface area contributed by atoms with Crippen LogP contribution in [0.1, 0.15) is 42.6 Å². The van der Waals surface area contributed by atoms with Crippen molar-refractivity contribution in [2.45, 2.75) is 50.2 Å². The fourth-order valence-electron chi connectivity index (χ4n) is 3.52. The molecule has 2 N–H and O–H groups in total. The third-order valence-electron chi connectivity index (χ3n) is 5.06. The van der Waals surface area contributed by atoms with Gasteiger partial charge in [0.1, 0.15) is 5.82 Å². The van der Waals surface area contributed by atoms with Crippen LogP contribution in [0, 0.1) is 5.82 Å². The van der Waals surface area contributed by atoms with Gasteiger partial charge in [-0.15, -0.1) is 0 Å². The number of amides is 1. The topological polar surface area (TPSA) is 78.5 Å². The molecule has 2 aromatic carbocycles. The zero-order chi connectivity index (χ0) is 21.7. The molecule has 1 amide bonds. The van der Waals surface area contributed by atoms with Crippen LogP contribution in [-0.2, 0) is 16.6 Å². The lowest BCUT2D eigenvalue weighted by Gasteiger charge is -2.32. The summed E-state index contributed by atoms with van der Waals surface area (Å²) in [4.78, 5) is 15.0. The fraction of sp³-hybridized carbons (Fsp3) is 0.409. The Morgan fingerprint density at radius 3 is 2.23 bits per heavy atom. The van der Waals surface area contributed by atoms with Crippen LogP contribution in [0.25, 0.3) is 0 Å². The number of nitrogens with one attached hydrogen (secondary N) is 2. The van der Waals surface area contributed by atoms with Crippen LogP contribution in [-0.4, -0.2) is 44.4 Å². The van der Waals surface area contributed by atoms with Gasteiger partial charge in [0.25, 0.3) is 5.91 Å². The van der Waals surface area contributed by atoms with Gasteiger partial charge in [0.15, 0.2) is 0 Å². The number of hydrogen-bond acceptors (Lipinski definition) is 4. The molecule has 8 heteroatoms. The first kappa shape index (κ1) is 22.4. The van der Waals surface area contributed by atoms with Crippen molar-refractivity contribution >= 4 is 15.9 Å². The molecular weight excluding hydrogens is 405 g/mol. The Hall–Kier alpha value is -2.29. The Morgan fingerprint density at radius 1 is 1.07 bits per heavy atom. The number of nitrogens with zero attached hydrogens (tertiary/aromatic N) is 1. The van der Waals surface area contributed by atoms with Gasteiger partial charge in [-0.1, -0.05) is 12.1 Å². The molecule has 0 bridgehead atoms. The minimum Gasteiger partial charge on any atom is -0.349 e. The van der Waals surface area contributed by atoms with Crippen molar-refractivity contribution in [3.63, 3.8) is 0 Å². The summed E-state index contributed by atoms with van der Waals surface area (Å²) in [5.74, 6) is -0.435. The molecule has 0 saturated carbocycles. The average Bonchev–Trinajstić information content (AvgIpc) is 2.70. The summed E-state index contributed by atoms with van der Waals surface area (Å²) >= 11 is 0. The van der Waals surface area contributed by atoms with E-state index < -0.39 is 10.0 Å². The minimum atomic E-state index is -3.57. The van der Waals surface area contributed by atoms with Crippen molar-refractivity contribution in [2.75, 3.05) is 13.1 Å². The molecule has 6 nitrogen and oxygen atoms in total. The lowest BCUT2D eigenvalue weighted by molar-refractivity contribution is 0.0909. The molecule has 1 saturated heterocycles. The van der Waals surface area contributed by atoms with E-state index in [2.05, 4.69) is 14.9 Å². The second-order valence-corrected chi connectivity index (χ2v) is 9.66. The first-order valence-electron chi connectivity index (χ1n) is 10.1. The SMILES string of the molecule is CC(C)NS(=O)(=O)c1ccc(C(=O)NC2CCN(Cc3ccc(F)cc3)CC2)cc1. The van der Waals surface area contributed by atoms with E-state index in [0.717, 1.165) is 38.0 Å². The van der Waals surface area contributed by atoms with Gasteiger partial charge < -0.3 is 5.32 Å².